The van der Waals surface area contributed by atoms with Gasteiger partial charge < -0.3 is 10.2 Å². The second kappa shape index (κ2) is 7.22. The number of hydrogen-bond donors (Lipinski definition) is 1. The van der Waals surface area contributed by atoms with Crippen LogP contribution in [0.5, 0.6) is 0 Å². The predicted molar refractivity (Wildman–Crippen MR) is 107 cm³/mol. The van der Waals surface area contributed by atoms with E-state index >= 15 is 0 Å². The van der Waals surface area contributed by atoms with Gasteiger partial charge in [0.2, 0.25) is 5.91 Å². The van der Waals surface area contributed by atoms with Crippen LogP contribution in [-0.4, -0.2) is 41.4 Å². The molecule has 1 N–H and O–H groups in total. The minimum absolute atomic E-state index is 0.0225. The van der Waals surface area contributed by atoms with Gasteiger partial charge in [0.15, 0.2) is 0 Å². The van der Waals surface area contributed by atoms with Gasteiger partial charge in [-0.25, -0.2) is 4.79 Å². The number of hydrogen-bond acceptors (Lipinski definition) is 3. The number of nitrogens with zero attached hydrogens (tertiary/aromatic N) is 2. The van der Waals surface area contributed by atoms with Crippen LogP contribution >= 0.6 is 0 Å². The van der Waals surface area contributed by atoms with Crippen molar-refractivity contribution in [1.29, 1.82) is 0 Å². The molecule has 0 bridgehead atoms. The first-order valence-corrected chi connectivity index (χ1v) is 10.4. The van der Waals surface area contributed by atoms with Crippen molar-refractivity contribution in [2.75, 3.05) is 18.0 Å². The number of benzene rings is 1. The largest absolute Gasteiger partial charge is 0.325 e. The fourth-order valence-corrected chi connectivity index (χ4v) is 4.79. The molecule has 1 atom stereocenters. The van der Waals surface area contributed by atoms with E-state index < -0.39 is 5.54 Å². The molecule has 0 radical (unpaired) electrons. The number of nitrogens with one attached hydrogen (secondary N) is 1. The third-order valence-electron chi connectivity index (χ3n) is 6.47. The van der Waals surface area contributed by atoms with E-state index in [4.69, 9.17) is 0 Å². The highest BCUT2D eigenvalue weighted by atomic mass is 16.2. The fourth-order valence-electron chi connectivity index (χ4n) is 4.79. The summed E-state index contributed by atoms with van der Waals surface area (Å²) in [7, 11) is 0. The van der Waals surface area contributed by atoms with E-state index in [0.29, 0.717) is 25.4 Å². The summed E-state index contributed by atoms with van der Waals surface area (Å²) in [5.41, 5.74) is 1.44. The second-order valence-corrected chi connectivity index (χ2v) is 8.81. The Morgan fingerprint density at radius 3 is 2.39 bits per heavy atom. The number of rotatable bonds is 4. The zero-order valence-corrected chi connectivity index (χ0v) is 16.7. The van der Waals surface area contributed by atoms with Crippen molar-refractivity contribution in [2.24, 2.45) is 5.92 Å². The zero-order valence-electron chi connectivity index (χ0n) is 16.7. The molecule has 1 spiro atoms. The molecule has 28 heavy (non-hydrogen) atoms. The quantitative estimate of drug-likeness (QED) is 0.810. The summed E-state index contributed by atoms with van der Waals surface area (Å²) in [6.45, 7) is 5.15. The summed E-state index contributed by atoms with van der Waals surface area (Å²) in [6, 6.07) is 7.80. The Kier molecular flexibility index (Phi) is 4.89. The molecule has 2 saturated heterocycles. The van der Waals surface area contributed by atoms with Crippen LogP contribution in [0.3, 0.4) is 0 Å². The van der Waals surface area contributed by atoms with E-state index in [1.54, 1.807) is 4.90 Å². The second-order valence-electron chi connectivity index (χ2n) is 8.81. The summed E-state index contributed by atoms with van der Waals surface area (Å²) in [5, 5.41) is 2.95. The first-order valence-electron chi connectivity index (χ1n) is 10.4. The highest BCUT2D eigenvalue weighted by Crippen LogP contribution is 2.35. The molecular weight excluding hydrogens is 354 g/mol. The lowest BCUT2D eigenvalue weighted by Crippen LogP contribution is -2.48. The van der Waals surface area contributed by atoms with Gasteiger partial charge in [-0.3, -0.25) is 14.5 Å². The van der Waals surface area contributed by atoms with E-state index in [0.717, 1.165) is 37.8 Å². The van der Waals surface area contributed by atoms with E-state index in [9.17, 15) is 14.4 Å². The van der Waals surface area contributed by atoms with Crippen LogP contribution in [0.4, 0.5) is 10.5 Å². The third-order valence-corrected chi connectivity index (χ3v) is 6.47. The van der Waals surface area contributed by atoms with Crippen LogP contribution in [0.25, 0.3) is 0 Å². The summed E-state index contributed by atoms with van der Waals surface area (Å²) < 4.78 is 0. The first kappa shape index (κ1) is 19.0. The van der Waals surface area contributed by atoms with Gasteiger partial charge in [0.1, 0.15) is 5.54 Å². The minimum atomic E-state index is -0.690. The third kappa shape index (κ3) is 3.29. The van der Waals surface area contributed by atoms with Crippen LogP contribution < -0.4 is 10.2 Å². The molecule has 1 aliphatic carbocycles. The Labute approximate surface area is 166 Å². The number of imide groups is 1. The van der Waals surface area contributed by atoms with Gasteiger partial charge in [0.05, 0.1) is 0 Å². The average molecular weight is 383 g/mol. The number of carbonyl (C=O) groups is 3. The molecule has 2 heterocycles. The van der Waals surface area contributed by atoms with E-state index in [2.05, 4.69) is 31.3 Å². The molecule has 3 aliphatic rings. The van der Waals surface area contributed by atoms with Crippen molar-refractivity contribution < 1.29 is 14.4 Å². The molecule has 150 valence electrons. The Bertz CT molecular complexity index is 781. The Morgan fingerprint density at radius 1 is 1.07 bits per heavy atom. The summed E-state index contributed by atoms with van der Waals surface area (Å²) >= 11 is 0. The number of amides is 4. The monoisotopic (exact) mass is 383 g/mol. The maximum atomic E-state index is 13.0. The zero-order chi connectivity index (χ0) is 19.9. The topological polar surface area (TPSA) is 69.7 Å². The maximum Gasteiger partial charge on any atom is 0.325 e. The number of anilines is 1. The van der Waals surface area contributed by atoms with E-state index in [1.165, 1.54) is 10.5 Å². The van der Waals surface area contributed by atoms with Crippen molar-refractivity contribution in [3.05, 3.63) is 29.8 Å². The fraction of sp³-hybridized carbons (Fsp3) is 0.591. The highest BCUT2D eigenvalue weighted by Gasteiger charge is 2.52. The number of carbonyl (C=O) groups excluding carboxylic acids is 3. The van der Waals surface area contributed by atoms with Gasteiger partial charge in [0, 0.05) is 31.1 Å². The van der Waals surface area contributed by atoms with E-state index in [1.807, 2.05) is 12.1 Å². The van der Waals surface area contributed by atoms with Gasteiger partial charge >= 0.3 is 6.03 Å². The molecule has 1 unspecified atom stereocenters. The summed E-state index contributed by atoms with van der Waals surface area (Å²) in [4.78, 5) is 41.1. The van der Waals surface area contributed by atoms with Crippen molar-refractivity contribution in [2.45, 2.75) is 63.8 Å². The van der Waals surface area contributed by atoms with Crippen LogP contribution in [-0.2, 0) is 9.59 Å². The smallest absolute Gasteiger partial charge is 0.323 e. The Morgan fingerprint density at radius 2 is 1.75 bits per heavy atom. The normalized spacial score (nSPS) is 24.5. The lowest BCUT2D eigenvalue weighted by molar-refractivity contribution is -0.133. The predicted octanol–water partition coefficient (Wildman–Crippen LogP) is 3.42. The summed E-state index contributed by atoms with van der Waals surface area (Å²) in [5.74, 6) is 0.389. The lowest BCUT2D eigenvalue weighted by Gasteiger charge is -2.30. The Hall–Kier alpha value is -2.37. The van der Waals surface area contributed by atoms with Crippen LogP contribution in [0.2, 0.25) is 0 Å². The van der Waals surface area contributed by atoms with Crippen molar-refractivity contribution >= 4 is 23.5 Å². The van der Waals surface area contributed by atoms with Crippen molar-refractivity contribution in [3.63, 3.8) is 0 Å². The van der Waals surface area contributed by atoms with Crippen molar-refractivity contribution in [1.82, 2.24) is 10.2 Å². The van der Waals surface area contributed by atoms with Gasteiger partial charge in [-0.1, -0.05) is 45.2 Å². The molecule has 3 fully saturated rings. The average Bonchev–Trinajstić information content (AvgIpc) is 3.15. The molecule has 4 amide bonds. The van der Waals surface area contributed by atoms with Crippen LogP contribution in [0.15, 0.2) is 24.3 Å². The SMILES string of the molecule is CC(C)c1ccc(N2CC(CN3C(=O)NC4(CCCCC4)C3=O)CC2=O)cc1. The Balaban J connectivity index is 1.43. The van der Waals surface area contributed by atoms with Gasteiger partial charge in [-0.2, -0.15) is 0 Å². The number of urea groups is 1. The molecular formula is C22H29N3O3. The minimum Gasteiger partial charge on any atom is -0.323 e. The molecule has 2 aliphatic heterocycles. The molecule has 6 nitrogen and oxygen atoms in total. The summed E-state index contributed by atoms with van der Waals surface area (Å²) in [6.07, 6.45) is 4.89. The van der Waals surface area contributed by atoms with Gasteiger partial charge in [-0.15, -0.1) is 0 Å². The molecule has 1 saturated carbocycles. The van der Waals surface area contributed by atoms with Crippen LogP contribution in [0.1, 0.15) is 63.9 Å². The van der Waals surface area contributed by atoms with Crippen LogP contribution in [0, 0.1) is 5.92 Å². The highest BCUT2D eigenvalue weighted by molar-refractivity contribution is 6.07. The molecule has 0 aromatic heterocycles. The molecule has 1 aromatic carbocycles. The maximum absolute atomic E-state index is 13.0. The molecule has 6 heteroatoms. The molecule has 1 aromatic rings. The standard InChI is InChI=1S/C22H29N3O3/c1-15(2)17-6-8-18(9-7-17)24-13-16(12-19(24)26)14-25-20(27)22(23-21(25)28)10-4-3-5-11-22/h6-9,15-16H,3-5,10-14H2,1-2H3,(H,23,28). The first-order chi connectivity index (χ1) is 13.4. The van der Waals surface area contributed by atoms with Gasteiger partial charge in [-0.05, 0) is 36.5 Å². The lowest BCUT2D eigenvalue weighted by atomic mass is 9.81. The van der Waals surface area contributed by atoms with E-state index in [-0.39, 0.29) is 23.8 Å². The molecule has 4 rings (SSSR count). The van der Waals surface area contributed by atoms with Crippen molar-refractivity contribution in [3.8, 4) is 0 Å². The van der Waals surface area contributed by atoms with Gasteiger partial charge in [0.25, 0.3) is 5.91 Å².